The van der Waals surface area contributed by atoms with Gasteiger partial charge in [-0.05, 0) is 43.2 Å². The van der Waals surface area contributed by atoms with Crippen LogP contribution in [-0.2, 0) is 15.3 Å². The molecule has 5 nitrogen and oxygen atoms in total. The largest absolute Gasteiger partial charge is 0.355 e. The predicted octanol–water partition coefficient (Wildman–Crippen LogP) is 3.06. The second kappa shape index (κ2) is 9.13. The number of guanidine groups is 1. The summed E-state index contributed by atoms with van der Waals surface area (Å²) in [6.07, 6.45) is 2.06. The summed E-state index contributed by atoms with van der Waals surface area (Å²) >= 11 is 1.77. The van der Waals surface area contributed by atoms with Gasteiger partial charge in [0.05, 0.1) is 10.6 Å². The quantitative estimate of drug-likeness (QED) is 0.545. The van der Waals surface area contributed by atoms with Crippen molar-refractivity contribution in [1.82, 2.24) is 10.6 Å². The highest BCUT2D eigenvalue weighted by Crippen LogP contribution is 2.23. The first kappa shape index (κ1) is 22.8. The molecule has 0 aliphatic rings. The summed E-state index contributed by atoms with van der Waals surface area (Å²) in [5, 5.41) is 6.31. The minimum atomic E-state index is -3.32. The number of hydrogen-bond donors (Lipinski definition) is 2. The van der Waals surface area contributed by atoms with Crippen molar-refractivity contribution in [1.29, 1.82) is 0 Å². The molecular weight excluding hydrogens is 366 g/mol. The third-order valence-electron chi connectivity index (χ3n) is 4.20. The summed E-state index contributed by atoms with van der Waals surface area (Å²) in [6, 6.07) is 7.19. The smallest absolute Gasteiger partial charge is 0.191 e. The number of aliphatic imine (C=N–C) groups is 1. The first-order valence-electron chi connectivity index (χ1n) is 8.74. The van der Waals surface area contributed by atoms with Crippen molar-refractivity contribution in [3.63, 3.8) is 0 Å². The van der Waals surface area contributed by atoms with Gasteiger partial charge in [-0.2, -0.15) is 11.8 Å². The van der Waals surface area contributed by atoms with Gasteiger partial charge in [0, 0.05) is 24.9 Å². The Labute approximate surface area is 163 Å². The molecule has 0 bridgehead atoms. The van der Waals surface area contributed by atoms with Crippen LogP contribution in [-0.4, -0.2) is 51.3 Å². The number of hydrogen-bond acceptors (Lipinski definition) is 4. The van der Waals surface area contributed by atoms with Crippen molar-refractivity contribution in [2.75, 3.05) is 32.1 Å². The molecule has 0 saturated carbocycles. The van der Waals surface area contributed by atoms with Crippen molar-refractivity contribution in [2.45, 2.75) is 49.7 Å². The van der Waals surface area contributed by atoms with E-state index < -0.39 is 9.84 Å². The summed E-state index contributed by atoms with van der Waals surface area (Å²) in [7, 11) is -1.64. The van der Waals surface area contributed by atoms with Crippen LogP contribution in [0.1, 0.15) is 40.2 Å². The standard InChI is InChI=1S/C19H33N3O2S2/c1-18(2,3)15-8-10-16(11-9-15)26(23,24)13-12-21-17(20-6)22-14-19(4,5)25-7/h8-11H,12-14H2,1-7H3,(H2,20,21,22). The van der Waals surface area contributed by atoms with Crippen molar-refractivity contribution in [2.24, 2.45) is 4.99 Å². The Morgan fingerprint density at radius 3 is 2.12 bits per heavy atom. The highest BCUT2D eigenvalue weighted by atomic mass is 32.2. The van der Waals surface area contributed by atoms with Crippen LogP contribution in [0.15, 0.2) is 34.2 Å². The molecule has 0 heterocycles. The molecule has 0 unspecified atom stereocenters. The van der Waals surface area contributed by atoms with E-state index >= 15 is 0 Å². The van der Waals surface area contributed by atoms with E-state index in [1.807, 2.05) is 12.1 Å². The van der Waals surface area contributed by atoms with E-state index in [4.69, 9.17) is 0 Å². The van der Waals surface area contributed by atoms with E-state index in [2.05, 4.69) is 56.5 Å². The topological polar surface area (TPSA) is 70.6 Å². The van der Waals surface area contributed by atoms with Crippen LogP contribution in [0, 0.1) is 0 Å². The van der Waals surface area contributed by atoms with Gasteiger partial charge in [-0.25, -0.2) is 8.42 Å². The maximum atomic E-state index is 12.5. The summed E-state index contributed by atoms with van der Waals surface area (Å²) in [6.45, 7) is 11.7. The number of rotatable bonds is 7. The summed E-state index contributed by atoms with van der Waals surface area (Å²) in [5.41, 5.74) is 1.13. The van der Waals surface area contributed by atoms with E-state index in [1.165, 1.54) is 0 Å². The average molecular weight is 400 g/mol. The molecule has 1 aromatic carbocycles. The Morgan fingerprint density at radius 1 is 1.08 bits per heavy atom. The Kier molecular flexibility index (Phi) is 8.02. The van der Waals surface area contributed by atoms with Crippen LogP contribution in [0.25, 0.3) is 0 Å². The summed E-state index contributed by atoms with van der Waals surface area (Å²) < 4.78 is 25.1. The minimum Gasteiger partial charge on any atom is -0.355 e. The Balaban J connectivity index is 2.62. The van der Waals surface area contributed by atoms with Crippen molar-refractivity contribution < 1.29 is 8.42 Å². The molecule has 0 saturated heterocycles. The number of sulfone groups is 1. The summed E-state index contributed by atoms with van der Waals surface area (Å²) in [5.74, 6) is 0.638. The van der Waals surface area contributed by atoms with E-state index in [9.17, 15) is 8.42 Å². The number of thioether (sulfide) groups is 1. The fraction of sp³-hybridized carbons (Fsp3) is 0.632. The lowest BCUT2D eigenvalue weighted by molar-refractivity contribution is 0.585. The second-order valence-corrected chi connectivity index (χ2v) is 11.5. The maximum Gasteiger partial charge on any atom is 0.191 e. The van der Waals surface area contributed by atoms with E-state index in [0.29, 0.717) is 17.4 Å². The molecule has 0 aliphatic heterocycles. The molecule has 148 valence electrons. The van der Waals surface area contributed by atoms with Crippen LogP contribution in [0.3, 0.4) is 0 Å². The van der Waals surface area contributed by atoms with Gasteiger partial charge in [0.25, 0.3) is 0 Å². The van der Waals surface area contributed by atoms with E-state index in [0.717, 1.165) is 12.1 Å². The minimum absolute atomic E-state index is 0.00651. The van der Waals surface area contributed by atoms with Gasteiger partial charge in [0.15, 0.2) is 15.8 Å². The van der Waals surface area contributed by atoms with E-state index in [-0.39, 0.29) is 15.9 Å². The molecule has 0 aliphatic carbocycles. The van der Waals surface area contributed by atoms with Gasteiger partial charge < -0.3 is 10.6 Å². The lowest BCUT2D eigenvalue weighted by Crippen LogP contribution is -2.44. The average Bonchev–Trinajstić information content (AvgIpc) is 2.57. The molecular formula is C19H33N3O2S2. The maximum absolute atomic E-state index is 12.5. The Morgan fingerprint density at radius 2 is 1.65 bits per heavy atom. The molecule has 0 aromatic heterocycles. The predicted molar refractivity (Wildman–Crippen MR) is 114 cm³/mol. The molecule has 1 rings (SSSR count). The zero-order chi connectivity index (χ0) is 20.0. The number of benzene rings is 1. The number of nitrogens with zero attached hydrogens (tertiary/aromatic N) is 1. The zero-order valence-electron chi connectivity index (χ0n) is 17.0. The van der Waals surface area contributed by atoms with Crippen LogP contribution in [0.2, 0.25) is 0 Å². The SMILES string of the molecule is CN=C(NCCS(=O)(=O)c1ccc(C(C)(C)C)cc1)NCC(C)(C)SC. The highest BCUT2D eigenvalue weighted by Gasteiger charge is 2.19. The highest BCUT2D eigenvalue weighted by molar-refractivity contribution is 7.99. The van der Waals surface area contributed by atoms with Gasteiger partial charge >= 0.3 is 0 Å². The molecule has 0 fully saturated rings. The Hall–Kier alpha value is -1.21. The van der Waals surface area contributed by atoms with Crippen LogP contribution in [0.4, 0.5) is 0 Å². The molecule has 7 heteroatoms. The lowest BCUT2D eigenvalue weighted by Gasteiger charge is -2.23. The first-order chi connectivity index (χ1) is 11.9. The molecule has 2 N–H and O–H groups in total. The molecule has 26 heavy (non-hydrogen) atoms. The van der Waals surface area contributed by atoms with Crippen LogP contribution < -0.4 is 10.6 Å². The second-order valence-electron chi connectivity index (χ2n) is 7.91. The Bertz CT molecular complexity index is 703. The van der Waals surface area contributed by atoms with Gasteiger partial charge in [-0.15, -0.1) is 0 Å². The molecule has 1 aromatic rings. The summed E-state index contributed by atoms with van der Waals surface area (Å²) in [4.78, 5) is 4.51. The van der Waals surface area contributed by atoms with E-state index in [1.54, 1.807) is 30.9 Å². The van der Waals surface area contributed by atoms with Crippen molar-refractivity contribution in [3.05, 3.63) is 29.8 Å². The van der Waals surface area contributed by atoms with Crippen molar-refractivity contribution >= 4 is 27.6 Å². The molecule has 0 radical (unpaired) electrons. The molecule has 0 spiro atoms. The van der Waals surface area contributed by atoms with Crippen molar-refractivity contribution in [3.8, 4) is 0 Å². The van der Waals surface area contributed by atoms with Crippen LogP contribution >= 0.6 is 11.8 Å². The third-order valence-corrected chi connectivity index (χ3v) is 7.18. The fourth-order valence-corrected chi connectivity index (χ4v) is 3.55. The monoisotopic (exact) mass is 399 g/mol. The first-order valence-corrected chi connectivity index (χ1v) is 11.6. The van der Waals surface area contributed by atoms with Gasteiger partial charge in [-0.1, -0.05) is 32.9 Å². The lowest BCUT2D eigenvalue weighted by atomic mass is 9.87. The molecule has 0 amide bonds. The van der Waals surface area contributed by atoms with Gasteiger partial charge in [-0.3, -0.25) is 4.99 Å². The number of nitrogens with one attached hydrogen (secondary N) is 2. The fourth-order valence-electron chi connectivity index (χ4n) is 2.17. The third kappa shape index (κ3) is 7.19. The van der Waals surface area contributed by atoms with Crippen LogP contribution in [0.5, 0.6) is 0 Å². The normalized spacial score (nSPS) is 13.6. The zero-order valence-corrected chi connectivity index (χ0v) is 18.6. The van der Waals surface area contributed by atoms with Gasteiger partial charge in [0.1, 0.15) is 0 Å². The van der Waals surface area contributed by atoms with Gasteiger partial charge in [0.2, 0.25) is 0 Å². The molecule has 0 atom stereocenters.